The van der Waals surface area contributed by atoms with Crippen LogP contribution in [0.4, 0.5) is 19.0 Å². The first-order chi connectivity index (χ1) is 13.8. The lowest BCUT2D eigenvalue weighted by molar-refractivity contribution is -0.137. The molecule has 0 aliphatic rings. The van der Waals surface area contributed by atoms with Crippen LogP contribution in [-0.2, 0) is 6.18 Å². The number of hydrogen-bond donors (Lipinski definition) is 1. The second-order valence-electron chi connectivity index (χ2n) is 6.02. The van der Waals surface area contributed by atoms with Crippen molar-refractivity contribution in [2.24, 2.45) is 0 Å². The zero-order valence-electron chi connectivity index (χ0n) is 14.9. The first kappa shape index (κ1) is 19.3. The number of halogens is 3. The minimum atomic E-state index is -4.63. The summed E-state index contributed by atoms with van der Waals surface area (Å²) in [7, 11) is 0. The number of hydrogen-bond acceptors (Lipinski definition) is 5. The van der Waals surface area contributed by atoms with Crippen LogP contribution in [0.15, 0.2) is 53.4 Å². The van der Waals surface area contributed by atoms with Crippen molar-refractivity contribution in [3.05, 3.63) is 70.3 Å². The van der Waals surface area contributed by atoms with Crippen LogP contribution >= 0.6 is 22.7 Å². The Bertz CT molecular complexity index is 1160. The molecule has 4 rings (SSSR count). The van der Waals surface area contributed by atoms with Crippen LogP contribution in [0, 0.1) is 6.92 Å². The first-order valence-corrected chi connectivity index (χ1v) is 10.1. The maximum Gasteiger partial charge on any atom is 0.417 e. The minimum Gasteiger partial charge on any atom is -0.306 e. The van der Waals surface area contributed by atoms with E-state index in [1.165, 1.54) is 29.7 Å². The van der Waals surface area contributed by atoms with E-state index in [9.17, 15) is 18.0 Å². The van der Waals surface area contributed by atoms with Gasteiger partial charge in [-0.15, -0.1) is 22.7 Å². The topological polar surface area (TPSA) is 59.8 Å². The molecule has 0 unspecified atom stereocenters. The van der Waals surface area contributed by atoms with Crippen LogP contribution in [0.5, 0.6) is 0 Å². The average molecular weight is 434 g/mol. The number of thiazole rings is 1. The Labute approximate surface area is 171 Å². The zero-order chi connectivity index (χ0) is 20.6. The molecule has 10 heteroatoms. The van der Waals surface area contributed by atoms with Gasteiger partial charge >= 0.3 is 6.18 Å². The fourth-order valence-electron chi connectivity index (χ4n) is 2.79. The number of rotatable bonds is 4. The van der Waals surface area contributed by atoms with E-state index in [4.69, 9.17) is 0 Å². The predicted octanol–water partition coefficient (Wildman–Crippen LogP) is 5.64. The Morgan fingerprint density at radius 1 is 1.14 bits per heavy atom. The minimum absolute atomic E-state index is 0.247. The standard InChI is InChI=1S/C19H13F3N4OS2/c1-11-23-9-16(25-17(27)12-5-2-3-6-13(12)19(20,21)22)26(11)18-24-14(10-29-18)15-7-4-8-28-15/h2-10H,1H3,(H,25,27). The molecule has 1 amide bonds. The number of benzene rings is 1. The second-order valence-corrected chi connectivity index (χ2v) is 7.80. The highest BCUT2D eigenvalue weighted by Gasteiger charge is 2.35. The van der Waals surface area contributed by atoms with Crippen molar-refractivity contribution in [1.29, 1.82) is 0 Å². The zero-order valence-corrected chi connectivity index (χ0v) is 16.5. The van der Waals surface area contributed by atoms with E-state index < -0.39 is 23.2 Å². The average Bonchev–Trinajstić information content (AvgIpc) is 3.42. The van der Waals surface area contributed by atoms with Gasteiger partial charge in [0.15, 0.2) is 5.13 Å². The molecule has 1 N–H and O–H groups in total. The number of thiophene rings is 1. The lowest BCUT2D eigenvalue weighted by atomic mass is 10.1. The number of nitrogens with one attached hydrogen (secondary N) is 1. The van der Waals surface area contributed by atoms with E-state index in [2.05, 4.69) is 15.3 Å². The largest absolute Gasteiger partial charge is 0.417 e. The summed E-state index contributed by atoms with van der Waals surface area (Å²) in [4.78, 5) is 22.3. The molecule has 0 atom stereocenters. The number of aryl methyl sites for hydroxylation is 1. The number of nitrogens with zero attached hydrogens (tertiary/aromatic N) is 3. The molecule has 4 aromatic rings. The van der Waals surface area contributed by atoms with Crippen LogP contribution in [0.1, 0.15) is 21.7 Å². The van der Waals surface area contributed by atoms with E-state index in [0.29, 0.717) is 11.0 Å². The first-order valence-electron chi connectivity index (χ1n) is 8.36. The third kappa shape index (κ3) is 3.81. The molecule has 0 fully saturated rings. The van der Waals surface area contributed by atoms with Crippen molar-refractivity contribution >= 4 is 34.4 Å². The number of anilines is 1. The van der Waals surface area contributed by atoms with Gasteiger partial charge < -0.3 is 5.32 Å². The van der Waals surface area contributed by atoms with E-state index >= 15 is 0 Å². The smallest absolute Gasteiger partial charge is 0.306 e. The van der Waals surface area contributed by atoms with Gasteiger partial charge in [0.25, 0.3) is 5.91 Å². The summed E-state index contributed by atoms with van der Waals surface area (Å²) in [6, 6.07) is 8.53. The van der Waals surface area contributed by atoms with Crippen molar-refractivity contribution in [3.63, 3.8) is 0 Å². The Morgan fingerprint density at radius 3 is 2.66 bits per heavy atom. The van der Waals surface area contributed by atoms with Crippen molar-refractivity contribution in [2.75, 3.05) is 5.32 Å². The molecule has 148 valence electrons. The summed E-state index contributed by atoms with van der Waals surface area (Å²) < 4.78 is 41.3. The van der Waals surface area contributed by atoms with Gasteiger partial charge in [-0.2, -0.15) is 13.2 Å². The molecule has 0 radical (unpaired) electrons. The summed E-state index contributed by atoms with van der Waals surface area (Å²) in [6.45, 7) is 1.73. The SMILES string of the molecule is Cc1ncc(NC(=O)c2ccccc2C(F)(F)F)n1-c1nc(-c2cccs2)cs1. The fraction of sp³-hybridized carbons (Fsp3) is 0.105. The van der Waals surface area contributed by atoms with Gasteiger partial charge in [-0.3, -0.25) is 9.36 Å². The number of carbonyl (C=O) groups excluding carboxylic acids is 1. The fourth-order valence-corrected chi connectivity index (χ4v) is 4.43. The molecule has 5 nitrogen and oxygen atoms in total. The lowest BCUT2D eigenvalue weighted by Crippen LogP contribution is -2.20. The van der Waals surface area contributed by atoms with Crippen molar-refractivity contribution in [3.8, 4) is 15.7 Å². The number of aromatic nitrogens is 3. The van der Waals surface area contributed by atoms with Crippen molar-refractivity contribution < 1.29 is 18.0 Å². The number of carbonyl (C=O) groups is 1. The molecule has 0 spiro atoms. The Kier molecular flexibility index (Phi) is 4.97. The third-order valence-electron chi connectivity index (χ3n) is 4.11. The summed E-state index contributed by atoms with van der Waals surface area (Å²) in [5.41, 5.74) is -0.661. The molecule has 0 saturated heterocycles. The normalized spacial score (nSPS) is 11.6. The Balaban J connectivity index is 1.67. The maximum atomic E-state index is 13.2. The number of imidazole rings is 1. The van der Waals surface area contributed by atoms with Crippen molar-refractivity contribution in [1.82, 2.24) is 14.5 Å². The van der Waals surface area contributed by atoms with Crippen LogP contribution in [0.25, 0.3) is 15.7 Å². The highest BCUT2D eigenvalue weighted by molar-refractivity contribution is 7.15. The molecule has 29 heavy (non-hydrogen) atoms. The van der Waals surface area contributed by atoms with Crippen LogP contribution in [0.3, 0.4) is 0 Å². The van der Waals surface area contributed by atoms with E-state index in [1.807, 2.05) is 22.9 Å². The maximum absolute atomic E-state index is 13.2. The van der Waals surface area contributed by atoms with Crippen LogP contribution < -0.4 is 5.32 Å². The molecule has 0 bridgehead atoms. The van der Waals surface area contributed by atoms with Gasteiger partial charge in [0.2, 0.25) is 0 Å². The van der Waals surface area contributed by atoms with Crippen molar-refractivity contribution in [2.45, 2.75) is 13.1 Å². The Morgan fingerprint density at radius 2 is 1.93 bits per heavy atom. The number of alkyl halides is 3. The summed E-state index contributed by atoms with van der Waals surface area (Å²) in [5.74, 6) is -0.0674. The lowest BCUT2D eigenvalue weighted by Gasteiger charge is -2.13. The Hall–Kier alpha value is -2.98. The molecule has 1 aromatic carbocycles. The molecular weight excluding hydrogens is 421 g/mol. The summed E-state index contributed by atoms with van der Waals surface area (Å²) >= 11 is 2.90. The van der Waals surface area contributed by atoms with Gasteiger partial charge in [-0.05, 0) is 30.5 Å². The van der Waals surface area contributed by atoms with Gasteiger partial charge in [-0.1, -0.05) is 18.2 Å². The van der Waals surface area contributed by atoms with E-state index in [0.717, 1.165) is 22.7 Å². The van der Waals surface area contributed by atoms with Gasteiger partial charge in [0, 0.05) is 5.38 Å². The van der Waals surface area contributed by atoms with Gasteiger partial charge in [0.1, 0.15) is 11.6 Å². The third-order valence-corrected chi connectivity index (χ3v) is 5.83. The number of amides is 1. The van der Waals surface area contributed by atoms with Crippen LogP contribution in [-0.4, -0.2) is 20.4 Å². The van der Waals surface area contributed by atoms with Gasteiger partial charge in [0.05, 0.1) is 27.9 Å². The van der Waals surface area contributed by atoms with Gasteiger partial charge in [-0.25, -0.2) is 9.97 Å². The highest BCUT2D eigenvalue weighted by atomic mass is 32.1. The molecular formula is C19H13F3N4OS2. The van der Waals surface area contributed by atoms with E-state index in [1.54, 1.807) is 22.8 Å². The monoisotopic (exact) mass is 434 g/mol. The molecule has 0 aliphatic heterocycles. The van der Waals surface area contributed by atoms with Crippen LogP contribution in [0.2, 0.25) is 0 Å². The molecule has 0 saturated carbocycles. The summed E-state index contributed by atoms with van der Waals surface area (Å²) in [6.07, 6.45) is -3.23. The molecule has 3 heterocycles. The summed E-state index contributed by atoms with van der Waals surface area (Å²) in [5, 5.41) is 6.92. The van der Waals surface area contributed by atoms with E-state index in [-0.39, 0.29) is 5.82 Å². The second kappa shape index (κ2) is 7.45. The highest BCUT2D eigenvalue weighted by Crippen LogP contribution is 2.33. The predicted molar refractivity (Wildman–Crippen MR) is 107 cm³/mol. The molecule has 0 aliphatic carbocycles. The molecule has 3 aromatic heterocycles. The quantitative estimate of drug-likeness (QED) is 0.452.